The first-order valence-electron chi connectivity index (χ1n) is 12.3. The van der Waals surface area contributed by atoms with E-state index in [9.17, 15) is 0 Å². The van der Waals surface area contributed by atoms with Crippen LogP contribution in [0, 0.1) is 0 Å². The number of benzene rings is 6. The number of aliphatic imine (C=N–C) groups is 1. The van der Waals surface area contributed by atoms with Gasteiger partial charge in [-0.3, -0.25) is 4.99 Å². The molecule has 6 aromatic rings. The van der Waals surface area contributed by atoms with Crippen molar-refractivity contribution in [2.45, 2.75) is 6.61 Å². The van der Waals surface area contributed by atoms with E-state index in [1.807, 2.05) is 79.0 Å². The van der Waals surface area contributed by atoms with Crippen LogP contribution in [0.5, 0.6) is 17.2 Å². The maximum atomic E-state index is 6.40. The second kappa shape index (κ2) is 10.4. The van der Waals surface area contributed by atoms with Gasteiger partial charge in [0.25, 0.3) is 0 Å². The third-order valence-corrected chi connectivity index (χ3v) is 6.35. The molecule has 0 aliphatic rings. The molecule has 0 saturated heterocycles. The molecule has 0 spiro atoms. The van der Waals surface area contributed by atoms with Gasteiger partial charge in [-0.25, -0.2) is 0 Å². The zero-order valence-electron chi connectivity index (χ0n) is 20.2. The molecular weight excluding hydrogens is 454 g/mol. The second-order valence-electron chi connectivity index (χ2n) is 8.79. The number of hydrogen-bond donors (Lipinski definition) is 0. The molecule has 0 atom stereocenters. The van der Waals surface area contributed by atoms with Crippen molar-refractivity contribution in [3.63, 3.8) is 0 Å². The van der Waals surface area contributed by atoms with Crippen LogP contribution in [0.3, 0.4) is 0 Å². The van der Waals surface area contributed by atoms with E-state index in [2.05, 4.69) is 60.7 Å². The number of ether oxygens (including phenoxy) is 2. The number of para-hydroxylation sites is 1. The Morgan fingerprint density at radius 1 is 0.541 bits per heavy atom. The van der Waals surface area contributed by atoms with Crippen molar-refractivity contribution in [3.05, 3.63) is 145 Å². The Morgan fingerprint density at radius 3 is 2.00 bits per heavy atom. The van der Waals surface area contributed by atoms with Crippen molar-refractivity contribution in [3.8, 4) is 17.2 Å². The molecule has 0 saturated carbocycles. The summed E-state index contributed by atoms with van der Waals surface area (Å²) in [5.74, 6) is 2.39. The number of nitrogens with zero attached hydrogens (tertiary/aromatic N) is 1. The quantitative estimate of drug-likeness (QED) is 0.214. The van der Waals surface area contributed by atoms with E-state index >= 15 is 0 Å². The zero-order chi connectivity index (χ0) is 24.9. The van der Waals surface area contributed by atoms with Gasteiger partial charge in [-0.15, -0.1) is 0 Å². The lowest BCUT2D eigenvalue weighted by Gasteiger charge is -2.13. The maximum Gasteiger partial charge on any atom is 0.129 e. The van der Waals surface area contributed by atoms with Gasteiger partial charge in [0.05, 0.1) is 5.69 Å². The van der Waals surface area contributed by atoms with E-state index in [0.717, 1.165) is 44.8 Å². The van der Waals surface area contributed by atoms with E-state index in [4.69, 9.17) is 14.5 Å². The van der Waals surface area contributed by atoms with Gasteiger partial charge in [0, 0.05) is 11.8 Å². The Bertz CT molecular complexity index is 1680. The van der Waals surface area contributed by atoms with Crippen LogP contribution < -0.4 is 9.47 Å². The lowest BCUT2D eigenvalue weighted by molar-refractivity contribution is 0.307. The Kier molecular flexibility index (Phi) is 6.33. The molecule has 3 nitrogen and oxygen atoms in total. The minimum atomic E-state index is 0.478. The molecule has 0 amide bonds. The van der Waals surface area contributed by atoms with Crippen LogP contribution in [-0.4, -0.2) is 6.21 Å². The second-order valence-corrected chi connectivity index (χ2v) is 8.79. The molecule has 0 heterocycles. The van der Waals surface area contributed by atoms with Crippen LogP contribution in [0.15, 0.2) is 138 Å². The zero-order valence-corrected chi connectivity index (χ0v) is 20.2. The smallest absolute Gasteiger partial charge is 0.129 e. The number of hydrogen-bond acceptors (Lipinski definition) is 3. The molecule has 6 aromatic carbocycles. The topological polar surface area (TPSA) is 30.8 Å². The van der Waals surface area contributed by atoms with Gasteiger partial charge >= 0.3 is 0 Å². The summed E-state index contributed by atoms with van der Waals surface area (Å²) in [4.78, 5) is 4.78. The molecule has 0 fully saturated rings. The fourth-order valence-electron chi connectivity index (χ4n) is 4.47. The van der Waals surface area contributed by atoms with Gasteiger partial charge in [-0.05, 0) is 69.6 Å². The molecular formula is C34H25NO2. The fraction of sp³-hybridized carbons (Fsp3) is 0.0294. The lowest BCUT2D eigenvalue weighted by Crippen LogP contribution is -2.00. The molecule has 178 valence electrons. The van der Waals surface area contributed by atoms with Crippen LogP contribution in [0.2, 0.25) is 0 Å². The summed E-state index contributed by atoms with van der Waals surface area (Å²) < 4.78 is 12.3. The SMILES string of the molecule is C(=Nc1ccc(Oc2ccccc2)cc1)c1c(OCc2cccc3ccccc23)ccc2ccccc12. The van der Waals surface area contributed by atoms with Crippen molar-refractivity contribution >= 4 is 33.4 Å². The van der Waals surface area contributed by atoms with Gasteiger partial charge in [-0.2, -0.15) is 0 Å². The van der Waals surface area contributed by atoms with Gasteiger partial charge in [0.15, 0.2) is 0 Å². The first kappa shape index (κ1) is 22.6. The Labute approximate surface area is 216 Å². The van der Waals surface area contributed by atoms with Crippen molar-refractivity contribution in [2.75, 3.05) is 0 Å². The highest BCUT2D eigenvalue weighted by Gasteiger charge is 2.09. The average Bonchev–Trinajstić information content (AvgIpc) is 2.96. The molecule has 0 aliphatic carbocycles. The minimum Gasteiger partial charge on any atom is -0.488 e. The summed E-state index contributed by atoms with van der Waals surface area (Å²) in [5.41, 5.74) is 2.96. The maximum absolute atomic E-state index is 6.40. The first-order valence-corrected chi connectivity index (χ1v) is 12.3. The minimum absolute atomic E-state index is 0.478. The largest absolute Gasteiger partial charge is 0.488 e. The molecule has 0 radical (unpaired) electrons. The van der Waals surface area contributed by atoms with Gasteiger partial charge < -0.3 is 9.47 Å². The van der Waals surface area contributed by atoms with Crippen LogP contribution in [0.25, 0.3) is 21.5 Å². The summed E-state index contributed by atoms with van der Waals surface area (Å²) in [6, 6.07) is 44.7. The fourth-order valence-corrected chi connectivity index (χ4v) is 4.47. The third kappa shape index (κ3) is 5.07. The molecule has 0 unspecified atom stereocenters. The molecule has 37 heavy (non-hydrogen) atoms. The van der Waals surface area contributed by atoms with Crippen molar-refractivity contribution in [1.82, 2.24) is 0 Å². The Balaban J connectivity index is 1.28. The van der Waals surface area contributed by atoms with E-state index < -0.39 is 0 Å². The Morgan fingerprint density at radius 2 is 1.19 bits per heavy atom. The normalized spacial score (nSPS) is 11.2. The summed E-state index contributed by atoms with van der Waals surface area (Å²) in [6.45, 7) is 0.478. The lowest BCUT2D eigenvalue weighted by atomic mass is 10.0. The van der Waals surface area contributed by atoms with E-state index in [1.54, 1.807) is 0 Å². The van der Waals surface area contributed by atoms with Crippen LogP contribution in [0.4, 0.5) is 5.69 Å². The van der Waals surface area contributed by atoms with Crippen LogP contribution >= 0.6 is 0 Å². The van der Waals surface area contributed by atoms with Crippen molar-refractivity contribution in [2.24, 2.45) is 4.99 Å². The van der Waals surface area contributed by atoms with E-state index in [-0.39, 0.29) is 0 Å². The molecule has 0 aliphatic heterocycles. The van der Waals surface area contributed by atoms with E-state index in [0.29, 0.717) is 6.61 Å². The predicted molar refractivity (Wildman–Crippen MR) is 152 cm³/mol. The van der Waals surface area contributed by atoms with Crippen LogP contribution in [-0.2, 0) is 6.61 Å². The molecule has 0 N–H and O–H groups in total. The highest BCUT2D eigenvalue weighted by atomic mass is 16.5. The van der Waals surface area contributed by atoms with Crippen LogP contribution in [0.1, 0.15) is 11.1 Å². The first-order chi connectivity index (χ1) is 18.3. The highest BCUT2D eigenvalue weighted by molar-refractivity contribution is 6.03. The highest BCUT2D eigenvalue weighted by Crippen LogP contribution is 2.30. The Hall–Kier alpha value is -4.89. The standard InChI is InChI=1S/C34H25NO2/c1-2-13-29(14-3-1)37-30-20-18-28(19-21-30)35-23-33-32-16-7-5-10-26(32)17-22-34(33)36-24-27-12-8-11-25-9-4-6-15-31(25)27/h1-23H,24H2. The average molecular weight is 480 g/mol. The van der Waals surface area contributed by atoms with Crippen molar-refractivity contribution < 1.29 is 9.47 Å². The summed E-state index contributed by atoms with van der Waals surface area (Å²) in [5, 5.41) is 4.67. The molecule has 6 rings (SSSR count). The number of rotatable bonds is 7. The summed E-state index contributed by atoms with van der Waals surface area (Å²) in [6.07, 6.45) is 1.90. The van der Waals surface area contributed by atoms with Gasteiger partial charge in [-0.1, -0.05) is 91.0 Å². The van der Waals surface area contributed by atoms with Gasteiger partial charge in [0.2, 0.25) is 0 Å². The monoisotopic (exact) mass is 479 g/mol. The predicted octanol–water partition coefficient (Wildman–Crippen LogP) is 9.11. The summed E-state index contributed by atoms with van der Waals surface area (Å²) in [7, 11) is 0. The third-order valence-electron chi connectivity index (χ3n) is 6.35. The van der Waals surface area contributed by atoms with Crippen molar-refractivity contribution in [1.29, 1.82) is 0 Å². The van der Waals surface area contributed by atoms with E-state index in [1.165, 1.54) is 10.8 Å². The molecule has 3 heteroatoms. The van der Waals surface area contributed by atoms with Gasteiger partial charge in [0.1, 0.15) is 23.9 Å². The molecule has 0 aromatic heterocycles. The number of fused-ring (bicyclic) bond motifs is 2. The molecule has 0 bridgehead atoms. The summed E-state index contributed by atoms with van der Waals surface area (Å²) >= 11 is 0.